The van der Waals surface area contributed by atoms with Crippen molar-refractivity contribution in [1.29, 1.82) is 0 Å². The molecule has 0 aliphatic carbocycles. The normalized spacial score (nSPS) is 10.5. The Balaban J connectivity index is 1.73. The Morgan fingerprint density at radius 2 is 1.80 bits per heavy atom. The summed E-state index contributed by atoms with van der Waals surface area (Å²) >= 11 is 0. The van der Waals surface area contributed by atoms with Gasteiger partial charge in [0.1, 0.15) is 12.4 Å². The molecule has 0 bridgehead atoms. The van der Waals surface area contributed by atoms with Gasteiger partial charge in [0.25, 0.3) is 0 Å². The van der Waals surface area contributed by atoms with Gasteiger partial charge >= 0.3 is 0 Å². The summed E-state index contributed by atoms with van der Waals surface area (Å²) in [6.07, 6.45) is 1.81. The molecule has 1 heterocycles. The van der Waals surface area contributed by atoms with Crippen LogP contribution >= 0.6 is 0 Å². The molecule has 3 aromatic rings. The third kappa shape index (κ3) is 4.37. The van der Waals surface area contributed by atoms with Gasteiger partial charge in [0, 0.05) is 24.4 Å². The van der Waals surface area contributed by atoms with E-state index in [1.165, 1.54) is 0 Å². The summed E-state index contributed by atoms with van der Waals surface area (Å²) in [6.45, 7) is 3.55. The SMILES string of the molecule is CCOc1ccc(-c2ccc(OCc3ccccc3)nc2)c(CN)c1. The van der Waals surface area contributed by atoms with Gasteiger partial charge in [-0.25, -0.2) is 4.98 Å². The summed E-state index contributed by atoms with van der Waals surface area (Å²) in [7, 11) is 0. The molecule has 1 aromatic heterocycles. The molecule has 4 nitrogen and oxygen atoms in total. The van der Waals surface area contributed by atoms with Crippen molar-refractivity contribution in [3.05, 3.63) is 78.0 Å². The van der Waals surface area contributed by atoms with Gasteiger partial charge in [0.2, 0.25) is 5.88 Å². The van der Waals surface area contributed by atoms with E-state index in [0.717, 1.165) is 28.0 Å². The molecule has 2 aromatic carbocycles. The van der Waals surface area contributed by atoms with E-state index < -0.39 is 0 Å². The molecular weight excluding hydrogens is 312 g/mol. The number of nitrogens with zero attached hydrogens (tertiary/aromatic N) is 1. The minimum atomic E-state index is 0.447. The molecule has 3 rings (SSSR count). The van der Waals surface area contributed by atoms with Crippen molar-refractivity contribution < 1.29 is 9.47 Å². The molecule has 0 unspecified atom stereocenters. The number of hydrogen-bond acceptors (Lipinski definition) is 4. The van der Waals surface area contributed by atoms with Gasteiger partial charge < -0.3 is 15.2 Å². The highest BCUT2D eigenvalue weighted by Crippen LogP contribution is 2.28. The number of nitrogens with two attached hydrogens (primary N) is 1. The minimum Gasteiger partial charge on any atom is -0.494 e. The van der Waals surface area contributed by atoms with E-state index in [1.54, 1.807) is 0 Å². The van der Waals surface area contributed by atoms with Crippen LogP contribution in [0.4, 0.5) is 0 Å². The number of benzene rings is 2. The smallest absolute Gasteiger partial charge is 0.213 e. The predicted molar refractivity (Wildman–Crippen MR) is 99.5 cm³/mol. The van der Waals surface area contributed by atoms with E-state index in [4.69, 9.17) is 15.2 Å². The average molecular weight is 334 g/mol. The molecule has 0 amide bonds. The van der Waals surface area contributed by atoms with Crippen LogP contribution in [-0.2, 0) is 13.2 Å². The molecule has 0 aliphatic rings. The van der Waals surface area contributed by atoms with Gasteiger partial charge in [-0.1, -0.05) is 36.4 Å². The van der Waals surface area contributed by atoms with Crippen LogP contribution in [0.1, 0.15) is 18.1 Å². The van der Waals surface area contributed by atoms with Gasteiger partial charge in [-0.05, 0) is 41.8 Å². The van der Waals surface area contributed by atoms with Crippen molar-refractivity contribution in [3.8, 4) is 22.8 Å². The molecule has 4 heteroatoms. The quantitative estimate of drug-likeness (QED) is 0.704. The van der Waals surface area contributed by atoms with Gasteiger partial charge in [0.15, 0.2) is 0 Å². The van der Waals surface area contributed by atoms with Crippen LogP contribution in [0, 0.1) is 0 Å². The lowest BCUT2D eigenvalue weighted by molar-refractivity contribution is 0.294. The second-order valence-electron chi connectivity index (χ2n) is 5.62. The molecule has 0 saturated heterocycles. The number of ether oxygens (including phenoxy) is 2. The van der Waals surface area contributed by atoms with Crippen molar-refractivity contribution in [1.82, 2.24) is 4.98 Å². The van der Waals surface area contributed by atoms with Crippen LogP contribution in [0.15, 0.2) is 66.9 Å². The van der Waals surface area contributed by atoms with Crippen LogP contribution in [0.5, 0.6) is 11.6 Å². The third-order valence-corrected chi connectivity index (χ3v) is 3.88. The summed E-state index contributed by atoms with van der Waals surface area (Å²) in [5.41, 5.74) is 10.1. The molecule has 0 aliphatic heterocycles. The fourth-order valence-corrected chi connectivity index (χ4v) is 2.63. The first-order chi connectivity index (χ1) is 12.3. The number of aromatic nitrogens is 1. The molecule has 25 heavy (non-hydrogen) atoms. The second-order valence-corrected chi connectivity index (χ2v) is 5.62. The van der Waals surface area contributed by atoms with Crippen LogP contribution in [0.2, 0.25) is 0 Å². The molecule has 128 valence electrons. The van der Waals surface area contributed by atoms with Gasteiger partial charge in [-0.15, -0.1) is 0 Å². The Labute approximate surface area is 148 Å². The fraction of sp³-hybridized carbons (Fsp3) is 0.190. The largest absolute Gasteiger partial charge is 0.494 e. The number of pyridine rings is 1. The fourth-order valence-electron chi connectivity index (χ4n) is 2.63. The van der Waals surface area contributed by atoms with E-state index >= 15 is 0 Å². The zero-order chi connectivity index (χ0) is 17.5. The topological polar surface area (TPSA) is 57.4 Å². The van der Waals surface area contributed by atoms with E-state index in [0.29, 0.717) is 25.6 Å². The Morgan fingerprint density at radius 1 is 0.960 bits per heavy atom. The molecule has 2 N–H and O–H groups in total. The number of rotatable bonds is 7. The highest BCUT2D eigenvalue weighted by Gasteiger charge is 2.07. The van der Waals surface area contributed by atoms with Gasteiger partial charge in [-0.3, -0.25) is 0 Å². The summed E-state index contributed by atoms with van der Waals surface area (Å²) in [4.78, 5) is 4.41. The highest BCUT2D eigenvalue weighted by molar-refractivity contribution is 5.68. The first-order valence-corrected chi connectivity index (χ1v) is 8.39. The molecular formula is C21H22N2O2. The van der Waals surface area contributed by atoms with E-state index in [-0.39, 0.29) is 0 Å². The Bertz CT molecular complexity index is 802. The molecule has 0 spiro atoms. The van der Waals surface area contributed by atoms with E-state index in [2.05, 4.69) is 4.98 Å². The predicted octanol–water partition coefficient (Wildman–Crippen LogP) is 4.19. The van der Waals surface area contributed by atoms with Crippen molar-refractivity contribution >= 4 is 0 Å². The lowest BCUT2D eigenvalue weighted by Crippen LogP contribution is -2.01. The lowest BCUT2D eigenvalue weighted by atomic mass is 10.0. The molecule has 0 saturated carbocycles. The van der Waals surface area contributed by atoms with Crippen molar-refractivity contribution in [2.45, 2.75) is 20.1 Å². The maximum absolute atomic E-state index is 5.89. The Morgan fingerprint density at radius 3 is 2.48 bits per heavy atom. The maximum atomic E-state index is 5.89. The Kier molecular flexibility index (Phi) is 5.65. The van der Waals surface area contributed by atoms with E-state index in [1.807, 2.05) is 73.8 Å². The van der Waals surface area contributed by atoms with Gasteiger partial charge in [-0.2, -0.15) is 0 Å². The van der Waals surface area contributed by atoms with Crippen LogP contribution in [0.25, 0.3) is 11.1 Å². The summed E-state index contributed by atoms with van der Waals surface area (Å²) in [5, 5.41) is 0. The van der Waals surface area contributed by atoms with E-state index in [9.17, 15) is 0 Å². The number of hydrogen-bond donors (Lipinski definition) is 1. The van der Waals surface area contributed by atoms with Gasteiger partial charge in [0.05, 0.1) is 6.61 Å². The monoisotopic (exact) mass is 334 g/mol. The standard InChI is InChI=1S/C21H22N2O2/c1-2-24-19-9-10-20(18(12-19)13-22)17-8-11-21(23-14-17)25-15-16-6-4-3-5-7-16/h3-12,14H,2,13,15,22H2,1H3. The maximum Gasteiger partial charge on any atom is 0.213 e. The summed E-state index contributed by atoms with van der Waals surface area (Å²) in [5.74, 6) is 1.44. The zero-order valence-electron chi connectivity index (χ0n) is 14.3. The molecule has 0 radical (unpaired) electrons. The summed E-state index contributed by atoms with van der Waals surface area (Å²) in [6, 6.07) is 19.9. The van der Waals surface area contributed by atoms with Crippen molar-refractivity contribution in [2.75, 3.05) is 6.61 Å². The molecule has 0 fully saturated rings. The van der Waals surface area contributed by atoms with Crippen LogP contribution < -0.4 is 15.2 Å². The first kappa shape index (κ1) is 17.0. The third-order valence-electron chi connectivity index (χ3n) is 3.88. The highest BCUT2D eigenvalue weighted by atomic mass is 16.5. The first-order valence-electron chi connectivity index (χ1n) is 8.39. The zero-order valence-corrected chi connectivity index (χ0v) is 14.3. The van der Waals surface area contributed by atoms with Crippen LogP contribution in [-0.4, -0.2) is 11.6 Å². The van der Waals surface area contributed by atoms with Crippen LogP contribution in [0.3, 0.4) is 0 Å². The summed E-state index contributed by atoms with van der Waals surface area (Å²) < 4.78 is 11.3. The van der Waals surface area contributed by atoms with Crippen molar-refractivity contribution in [3.63, 3.8) is 0 Å². The Hall–Kier alpha value is -2.85. The van der Waals surface area contributed by atoms with Crippen molar-refractivity contribution in [2.24, 2.45) is 5.73 Å². The molecule has 0 atom stereocenters. The minimum absolute atomic E-state index is 0.447. The lowest BCUT2D eigenvalue weighted by Gasteiger charge is -2.11. The second kappa shape index (κ2) is 8.31. The average Bonchev–Trinajstić information content (AvgIpc) is 2.68.